The van der Waals surface area contributed by atoms with Crippen molar-refractivity contribution in [3.63, 3.8) is 0 Å². The predicted octanol–water partition coefficient (Wildman–Crippen LogP) is 2.01. The second-order valence-electron chi connectivity index (χ2n) is 1.46. The van der Waals surface area contributed by atoms with Crippen molar-refractivity contribution in [3.05, 3.63) is 28.5 Å². The normalized spacial score (nSPS) is 9.67. The summed E-state index contributed by atoms with van der Waals surface area (Å²) in [4.78, 5) is 0.254. The van der Waals surface area contributed by atoms with E-state index in [-0.39, 0.29) is 15.0 Å². The fourth-order valence-electron chi connectivity index (χ4n) is 0.439. The molecule has 0 spiro atoms. The van der Waals surface area contributed by atoms with Crippen LogP contribution < -0.4 is 4.79 Å². The first-order chi connectivity index (χ1) is 4.22. The summed E-state index contributed by atoms with van der Waals surface area (Å²) in [7, 11) is 0. The number of aromatic nitrogens is 1. The van der Waals surface area contributed by atoms with Gasteiger partial charge in [-0.3, -0.25) is 0 Å². The molecule has 0 saturated carbocycles. The lowest BCUT2D eigenvalue weighted by Crippen LogP contribution is -2.22. The summed E-state index contributed by atoms with van der Waals surface area (Å²) in [5, 5.41) is 0.112. The van der Waals surface area contributed by atoms with Crippen LogP contribution in [0.1, 0.15) is 0 Å². The van der Waals surface area contributed by atoms with E-state index in [0.29, 0.717) is 0 Å². The molecule has 0 N–H and O–H groups in total. The molecule has 48 valence electrons. The highest BCUT2D eigenvalue weighted by Gasteiger charge is 2.10. The number of nitrogens with zero attached hydrogens (tertiary/aromatic N) is 1. The number of rotatable bonds is 0. The van der Waals surface area contributed by atoms with Crippen molar-refractivity contribution < 1.29 is 9.27 Å². The van der Waals surface area contributed by atoms with Gasteiger partial charge in [0.15, 0.2) is 0 Å². The zero-order valence-electron chi connectivity index (χ0n) is 4.31. The van der Waals surface area contributed by atoms with Gasteiger partial charge >= 0.3 is 5.15 Å². The maximum atomic E-state index is 12.3. The van der Waals surface area contributed by atoms with Gasteiger partial charge in [-0.1, -0.05) is 11.6 Å². The highest BCUT2D eigenvalue weighted by molar-refractivity contribution is 6.40. The van der Waals surface area contributed by atoms with Crippen LogP contribution in [0, 0.1) is 0 Å². The van der Waals surface area contributed by atoms with Gasteiger partial charge in [0.05, 0.1) is 4.48 Å². The average molecular weight is 167 g/mol. The number of halogens is 3. The first-order valence-electron chi connectivity index (χ1n) is 2.23. The lowest BCUT2D eigenvalue weighted by Gasteiger charge is -1.83. The van der Waals surface area contributed by atoms with Crippen molar-refractivity contribution in [1.82, 2.24) is 0 Å². The van der Waals surface area contributed by atoms with Gasteiger partial charge in [-0.15, -0.1) is 0 Å². The maximum Gasteiger partial charge on any atom is 0.340 e. The molecule has 0 saturated heterocycles. The summed E-state index contributed by atoms with van der Waals surface area (Å²) in [6.07, 6.45) is 1.17. The van der Waals surface area contributed by atoms with Gasteiger partial charge in [-0.2, -0.15) is 0 Å². The molecule has 0 aliphatic rings. The van der Waals surface area contributed by atoms with Crippen molar-refractivity contribution in [2.24, 2.45) is 0 Å². The van der Waals surface area contributed by atoms with Crippen LogP contribution in [0.5, 0.6) is 0 Å². The van der Waals surface area contributed by atoms with E-state index in [2.05, 4.69) is 0 Å². The van der Waals surface area contributed by atoms with Crippen LogP contribution in [-0.2, 0) is 0 Å². The number of hydrogen-bond donors (Lipinski definition) is 0. The van der Waals surface area contributed by atoms with Crippen LogP contribution in [0.4, 0.5) is 4.48 Å². The molecule has 0 bridgehead atoms. The topological polar surface area (TPSA) is 3.88 Å². The molecule has 1 aromatic rings. The minimum atomic E-state index is -0.0980. The molecule has 0 unspecified atom stereocenters. The third-order valence-electron chi connectivity index (χ3n) is 0.844. The molecule has 0 fully saturated rings. The molecule has 0 aromatic carbocycles. The van der Waals surface area contributed by atoms with Crippen LogP contribution >= 0.6 is 23.2 Å². The monoisotopic (exact) mass is 166 g/mol. The molecule has 0 aliphatic carbocycles. The van der Waals surface area contributed by atoms with E-state index in [9.17, 15) is 4.48 Å². The Kier molecular flexibility index (Phi) is 1.88. The Bertz CT molecular complexity index is 206. The van der Waals surface area contributed by atoms with Gasteiger partial charge in [0, 0.05) is 10.9 Å². The fourth-order valence-corrected chi connectivity index (χ4v) is 0.712. The molecular formula is C5H3Cl2FN+. The molecule has 4 heteroatoms. The SMILES string of the molecule is F[n+]1cccc(Cl)c1Cl. The predicted molar refractivity (Wildman–Crippen MR) is 33.2 cm³/mol. The van der Waals surface area contributed by atoms with Gasteiger partial charge in [0.25, 0.3) is 0 Å². The number of pyridine rings is 1. The van der Waals surface area contributed by atoms with Crippen LogP contribution in [0.15, 0.2) is 18.3 Å². The highest BCUT2D eigenvalue weighted by Crippen LogP contribution is 2.15. The second kappa shape index (κ2) is 2.50. The summed E-state index contributed by atoms with van der Waals surface area (Å²) >= 11 is 10.8. The van der Waals surface area contributed by atoms with E-state index < -0.39 is 0 Å². The average Bonchev–Trinajstić information content (AvgIpc) is 1.83. The van der Waals surface area contributed by atoms with Crippen LogP contribution in [0.2, 0.25) is 10.2 Å². The van der Waals surface area contributed by atoms with Crippen molar-refractivity contribution in [1.29, 1.82) is 0 Å². The van der Waals surface area contributed by atoms with E-state index in [0.717, 1.165) is 0 Å². The Morgan fingerprint density at radius 2 is 2.11 bits per heavy atom. The van der Waals surface area contributed by atoms with E-state index in [1.165, 1.54) is 18.3 Å². The molecule has 1 aromatic heterocycles. The molecule has 0 radical (unpaired) electrons. The van der Waals surface area contributed by atoms with Crippen molar-refractivity contribution in [2.45, 2.75) is 0 Å². The van der Waals surface area contributed by atoms with Crippen LogP contribution in [-0.4, -0.2) is 0 Å². The Morgan fingerprint density at radius 3 is 2.56 bits per heavy atom. The molecule has 0 atom stereocenters. The Hall–Kier alpha value is -0.340. The van der Waals surface area contributed by atoms with E-state index in [1.54, 1.807) is 0 Å². The zero-order chi connectivity index (χ0) is 6.85. The van der Waals surface area contributed by atoms with Gasteiger partial charge in [0.2, 0.25) is 6.20 Å². The lowest BCUT2D eigenvalue weighted by atomic mass is 10.5. The standard InChI is InChI=1S/C5H3Cl2FN/c6-4-2-1-3-9(8)5(4)7/h1-3H/q+1. The van der Waals surface area contributed by atoms with Crippen molar-refractivity contribution in [3.8, 4) is 0 Å². The minimum Gasteiger partial charge on any atom is -0.0758 e. The van der Waals surface area contributed by atoms with Crippen LogP contribution in [0.3, 0.4) is 0 Å². The molecule has 1 nitrogen and oxygen atoms in total. The van der Waals surface area contributed by atoms with Crippen LogP contribution in [0.25, 0.3) is 0 Å². The third kappa shape index (κ3) is 1.32. The Labute approximate surface area is 61.6 Å². The smallest absolute Gasteiger partial charge is 0.0758 e. The summed E-state index contributed by atoms with van der Waals surface area (Å²) in [5.74, 6) is 0. The summed E-state index contributed by atoms with van der Waals surface area (Å²) < 4.78 is 12.3. The molecule has 0 aliphatic heterocycles. The van der Waals surface area contributed by atoms with Gasteiger partial charge in [-0.25, -0.2) is 0 Å². The molecular weight excluding hydrogens is 164 g/mol. The van der Waals surface area contributed by atoms with E-state index in [1.807, 2.05) is 0 Å². The fraction of sp³-hybridized carbons (Fsp3) is 0. The quantitative estimate of drug-likeness (QED) is 0.520. The maximum absolute atomic E-state index is 12.3. The van der Waals surface area contributed by atoms with Crippen molar-refractivity contribution >= 4 is 23.2 Å². The second-order valence-corrected chi connectivity index (χ2v) is 2.22. The Balaban J connectivity index is 3.25. The molecule has 9 heavy (non-hydrogen) atoms. The van der Waals surface area contributed by atoms with Crippen molar-refractivity contribution in [2.75, 3.05) is 0 Å². The minimum absolute atomic E-state index is 0.0980. The summed E-state index contributed by atoms with van der Waals surface area (Å²) in [5.41, 5.74) is 0. The van der Waals surface area contributed by atoms with Gasteiger partial charge < -0.3 is 0 Å². The molecule has 1 heterocycles. The largest absolute Gasteiger partial charge is 0.340 e. The lowest BCUT2D eigenvalue weighted by molar-refractivity contribution is -0.841. The zero-order valence-corrected chi connectivity index (χ0v) is 5.83. The van der Waals surface area contributed by atoms with E-state index in [4.69, 9.17) is 23.2 Å². The third-order valence-corrected chi connectivity index (χ3v) is 1.61. The summed E-state index contributed by atoms with van der Waals surface area (Å²) in [6, 6.07) is 2.98. The molecule has 0 amide bonds. The highest BCUT2D eigenvalue weighted by atomic mass is 35.5. The van der Waals surface area contributed by atoms with E-state index >= 15 is 0 Å². The number of hydrogen-bond acceptors (Lipinski definition) is 0. The summed E-state index contributed by atoms with van der Waals surface area (Å²) in [6.45, 7) is 0. The van der Waals surface area contributed by atoms with Gasteiger partial charge in [-0.05, 0) is 17.7 Å². The van der Waals surface area contributed by atoms with Gasteiger partial charge in [0.1, 0.15) is 5.02 Å². The Morgan fingerprint density at radius 1 is 1.44 bits per heavy atom. The first-order valence-corrected chi connectivity index (χ1v) is 2.99. The molecule has 1 rings (SSSR count). The first kappa shape index (κ1) is 6.78.